The van der Waals surface area contributed by atoms with Crippen LogP contribution < -0.4 is 10.6 Å². The lowest BCUT2D eigenvalue weighted by Gasteiger charge is -2.20. The molecule has 1 aliphatic rings. The van der Waals surface area contributed by atoms with Crippen LogP contribution in [-0.2, 0) is 0 Å². The minimum Gasteiger partial charge on any atom is -0.456 e. The normalized spacial score (nSPS) is 14.3. The molecule has 0 radical (unpaired) electrons. The molecule has 2 aromatic heterocycles. The SMILES string of the molecule is C1=c2oc3c(ccc4cc5c(cc43)sc3ccccc35)c2=CC(c2cccc(-c3c4ccccc4c(-c4cccc5ccccc45)c4ccccc34)c2)C1. The van der Waals surface area contributed by atoms with Gasteiger partial charge in [-0.15, -0.1) is 11.3 Å². The molecule has 12 rings (SSSR count). The molecule has 9 aromatic carbocycles. The van der Waals surface area contributed by atoms with Gasteiger partial charge in [0.2, 0.25) is 0 Å². The zero-order valence-corrected chi connectivity index (χ0v) is 30.2. The molecule has 0 N–H and O–H groups in total. The first-order chi connectivity index (χ1) is 26.8. The quantitative estimate of drug-likeness (QED) is 0.167. The fourth-order valence-electron chi connectivity index (χ4n) is 9.29. The lowest BCUT2D eigenvalue weighted by molar-refractivity contribution is 0.573. The highest BCUT2D eigenvalue weighted by atomic mass is 32.1. The highest BCUT2D eigenvalue weighted by Gasteiger charge is 2.20. The number of furan rings is 1. The predicted octanol–water partition coefficient (Wildman–Crippen LogP) is 13.5. The van der Waals surface area contributed by atoms with Gasteiger partial charge in [0.15, 0.2) is 0 Å². The summed E-state index contributed by atoms with van der Waals surface area (Å²) in [6.45, 7) is 0. The smallest absolute Gasteiger partial charge is 0.143 e. The molecule has 54 heavy (non-hydrogen) atoms. The fourth-order valence-corrected chi connectivity index (χ4v) is 10.4. The van der Waals surface area contributed by atoms with E-state index in [2.05, 4.69) is 176 Å². The predicted molar refractivity (Wildman–Crippen MR) is 232 cm³/mol. The van der Waals surface area contributed by atoms with E-state index in [0.29, 0.717) is 0 Å². The Morgan fingerprint density at radius 1 is 0.463 bits per heavy atom. The van der Waals surface area contributed by atoms with Gasteiger partial charge in [-0.3, -0.25) is 0 Å². The third kappa shape index (κ3) is 4.38. The van der Waals surface area contributed by atoms with Gasteiger partial charge >= 0.3 is 0 Å². The van der Waals surface area contributed by atoms with Crippen LogP contribution >= 0.6 is 11.3 Å². The number of benzene rings is 9. The Morgan fingerprint density at radius 2 is 1.15 bits per heavy atom. The van der Waals surface area contributed by atoms with Gasteiger partial charge in [0.05, 0.1) is 0 Å². The second-order valence-electron chi connectivity index (χ2n) is 14.7. The molecular formula is C52H32OS. The maximum absolute atomic E-state index is 6.69. The van der Waals surface area contributed by atoms with E-state index < -0.39 is 0 Å². The molecule has 1 unspecified atom stereocenters. The molecule has 1 nitrogen and oxygen atoms in total. The van der Waals surface area contributed by atoms with Gasteiger partial charge in [0, 0.05) is 42.1 Å². The number of thiophene rings is 1. The molecule has 0 bridgehead atoms. The van der Waals surface area contributed by atoms with Gasteiger partial charge in [0.1, 0.15) is 11.0 Å². The zero-order chi connectivity index (χ0) is 35.3. The molecule has 252 valence electrons. The summed E-state index contributed by atoms with van der Waals surface area (Å²) < 4.78 is 9.32. The first-order valence-electron chi connectivity index (χ1n) is 18.8. The molecule has 2 heteroatoms. The van der Waals surface area contributed by atoms with Crippen molar-refractivity contribution in [3.05, 3.63) is 180 Å². The van der Waals surface area contributed by atoms with Crippen molar-refractivity contribution >= 4 is 97.7 Å². The van der Waals surface area contributed by atoms with Crippen LogP contribution in [-0.4, -0.2) is 0 Å². The van der Waals surface area contributed by atoms with Crippen molar-refractivity contribution in [1.29, 1.82) is 0 Å². The van der Waals surface area contributed by atoms with Crippen molar-refractivity contribution in [2.75, 3.05) is 0 Å². The molecule has 2 heterocycles. The van der Waals surface area contributed by atoms with Gasteiger partial charge < -0.3 is 4.42 Å². The fraction of sp³-hybridized carbons (Fsp3) is 0.0385. The van der Waals surface area contributed by atoms with E-state index in [-0.39, 0.29) is 5.92 Å². The number of rotatable bonds is 3. The van der Waals surface area contributed by atoms with E-state index in [4.69, 9.17) is 4.42 Å². The Labute approximate surface area is 315 Å². The van der Waals surface area contributed by atoms with Gasteiger partial charge in [-0.05, 0) is 102 Å². The summed E-state index contributed by atoms with van der Waals surface area (Å²) in [7, 11) is 0. The summed E-state index contributed by atoms with van der Waals surface area (Å²) in [6, 6.07) is 60.6. The Morgan fingerprint density at radius 3 is 1.96 bits per heavy atom. The second-order valence-corrected chi connectivity index (χ2v) is 15.8. The number of hydrogen-bond donors (Lipinski definition) is 0. The highest BCUT2D eigenvalue weighted by molar-refractivity contribution is 7.25. The molecule has 1 aliphatic carbocycles. The lowest BCUT2D eigenvalue weighted by Crippen LogP contribution is -2.24. The van der Waals surface area contributed by atoms with E-state index in [0.717, 1.165) is 17.4 Å². The van der Waals surface area contributed by atoms with Gasteiger partial charge in [-0.1, -0.05) is 146 Å². The maximum Gasteiger partial charge on any atom is 0.143 e. The second kappa shape index (κ2) is 11.5. The minimum atomic E-state index is 0.242. The Balaban J connectivity index is 1.02. The Bertz CT molecular complexity index is 3430. The highest BCUT2D eigenvalue weighted by Crippen LogP contribution is 2.46. The number of fused-ring (bicyclic) bond motifs is 11. The maximum atomic E-state index is 6.69. The average molecular weight is 705 g/mol. The molecular weight excluding hydrogens is 673 g/mol. The van der Waals surface area contributed by atoms with Crippen LogP contribution in [0, 0.1) is 0 Å². The van der Waals surface area contributed by atoms with Crippen LogP contribution in [0.15, 0.2) is 168 Å². The van der Waals surface area contributed by atoms with E-state index in [1.807, 2.05) is 11.3 Å². The molecule has 0 aliphatic heterocycles. The van der Waals surface area contributed by atoms with E-state index in [1.165, 1.54) is 102 Å². The van der Waals surface area contributed by atoms with Crippen molar-refractivity contribution in [3.8, 4) is 22.3 Å². The molecule has 0 spiro atoms. The molecule has 11 aromatic rings. The lowest BCUT2D eigenvalue weighted by atomic mass is 9.83. The summed E-state index contributed by atoms with van der Waals surface area (Å²) in [5.74, 6) is 0.242. The van der Waals surface area contributed by atoms with Gasteiger partial charge in [-0.25, -0.2) is 0 Å². The van der Waals surface area contributed by atoms with Crippen LogP contribution in [0.1, 0.15) is 17.9 Å². The van der Waals surface area contributed by atoms with Crippen LogP contribution in [0.4, 0.5) is 0 Å². The van der Waals surface area contributed by atoms with Crippen LogP contribution in [0.2, 0.25) is 0 Å². The summed E-state index contributed by atoms with van der Waals surface area (Å²) >= 11 is 1.86. The Hall–Kier alpha value is -6.48. The number of hydrogen-bond acceptors (Lipinski definition) is 2. The zero-order valence-electron chi connectivity index (χ0n) is 29.3. The Kier molecular flexibility index (Phi) is 6.40. The molecule has 0 fully saturated rings. The van der Waals surface area contributed by atoms with Crippen LogP contribution in [0.5, 0.6) is 0 Å². The van der Waals surface area contributed by atoms with Gasteiger partial charge in [-0.2, -0.15) is 0 Å². The van der Waals surface area contributed by atoms with Crippen LogP contribution in [0.25, 0.3) is 109 Å². The standard InChI is InChI=1S/C52H32OS/c1-2-15-36-31(11-1)12-10-21-38(36)51-41-19-5-3-17-39(41)50(40-18-4-6-20-42(40)51)35-14-9-13-32(27-35)33-24-26-47-45(28-33)43-25-23-34-29-46-37-16-7-8-22-48(37)54-49(46)30-44(34)52(43)53-47/h1-23,25-30,33H,24H2. The molecule has 1 atom stereocenters. The summed E-state index contributed by atoms with van der Waals surface area (Å²) in [5, 5.41) is 15.1. The first-order valence-corrected chi connectivity index (χ1v) is 19.6. The van der Waals surface area contributed by atoms with E-state index in [1.54, 1.807) is 0 Å². The third-order valence-corrected chi connectivity index (χ3v) is 12.9. The molecule has 0 saturated heterocycles. The third-order valence-electron chi connectivity index (χ3n) is 11.8. The average Bonchev–Trinajstić information content (AvgIpc) is 3.79. The van der Waals surface area contributed by atoms with Gasteiger partial charge in [0.25, 0.3) is 0 Å². The van der Waals surface area contributed by atoms with E-state index in [9.17, 15) is 0 Å². The molecule has 0 saturated carbocycles. The van der Waals surface area contributed by atoms with Crippen molar-refractivity contribution < 1.29 is 4.42 Å². The monoisotopic (exact) mass is 704 g/mol. The van der Waals surface area contributed by atoms with E-state index >= 15 is 0 Å². The minimum absolute atomic E-state index is 0.242. The van der Waals surface area contributed by atoms with Crippen molar-refractivity contribution in [2.24, 2.45) is 0 Å². The largest absolute Gasteiger partial charge is 0.456 e. The van der Waals surface area contributed by atoms with Crippen LogP contribution in [0.3, 0.4) is 0 Å². The topological polar surface area (TPSA) is 13.1 Å². The molecule has 0 amide bonds. The summed E-state index contributed by atoms with van der Waals surface area (Å²) in [5.41, 5.74) is 8.41. The summed E-state index contributed by atoms with van der Waals surface area (Å²) in [6.07, 6.45) is 5.65. The van der Waals surface area contributed by atoms with Crippen molar-refractivity contribution in [3.63, 3.8) is 0 Å². The van der Waals surface area contributed by atoms with Crippen molar-refractivity contribution in [2.45, 2.75) is 12.3 Å². The summed E-state index contributed by atoms with van der Waals surface area (Å²) in [4.78, 5) is 0. The first kappa shape index (κ1) is 30.0. The van der Waals surface area contributed by atoms with Crippen molar-refractivity contribution in [1.82, 2.24) is 0 Å².